The normalized spacial score (nSPS) is 14.3. The molecule has 0 rings (SSSR count). The van der Waals surface area contributed by atoms with Crippen LogP contribution in [-0.4, -0.2) is 17.6 Å². The quantitative estimate of drug-likeness (QED) is 0.343. The Bertz CT molecular complexity index is 140. The third-order valence-corrected chi connectivity index (χ3v) is 1.01. The Balaban J connectivity index is 3.88. The van der Waals surface area contributed by atoms with Crippen LogP contribution >= 0.6 is 0 Å². The third-order valence-electron chi connectivity index (χ3n) is 1.01. The second-order valence-electron chi connectivity index (χ2n) is 3.42. The maximum Gasteiger partial charge on any atom is 0.324 e. The molecule has 0 fully saturated rings. The topological polar surface area (TPSA) is 64.3 Å². The van der Waals surface area contributed by atoms with E-state index < -0.39 is 11.6 Å². The molecule has 1 atom stereocenters. The summed E-state index contributed by atoms with van der Waals surface area (Å²) in [6, 6.07) is -0.450. The van der Waals surface area contributed by atoms with E-state index in [-0.39, 0.29) is 5.97 Å². The van der Waals surface area contributed by atoms with Crippen LogP contribution in [0.25, 0.3) is 0 Å². The number of rotatable bonds is 2. The van der Waals surface area contributed by atoms with E-state index in [2.05, 4.69) is 5.43 Å². The SMILES string of the molecule is CC(NN)C(=O)OC(C)(C)C. The van der Waals surface area contributed by atoms with Gasteiger partial charge in [0.1, 0.15) is 11.6 Å². The van der Waals surface area contributed by atoms with Gasteiger partial charge in [-0.25, -0.2) is 5.43 Å². The van der Waals surface area contributed by atoms with Gasteiger partial charge in [0.25, 0.3) is 0 Å². The van der Waals surface area contributed by atoms with E-state index in [0.717, 1.165) is 0 Å². The van der Waals surface area contributed by atoms with Crippen LogP contribution in [-0.2, 0) is 9.53 Å². The fraction of sp³-hybridized carbons (Fsp3) is 0.857. The summed E-state index contributed by atoms with van der Waals surface area (Å²) >= 11 is 0. The molecule has 0 saturated heterocycles. The minimum atomic E-state index is -0.450. The molecule has 66 valence electrons. The molecule has 0 aromatic heterocycles. The van der Waals surface area contributed by atoms with E-state index in [1.807, 2.05) is 20.8 Å². The molecule has 4 heteroatoms. The van der Waals surface area contributed by atoms with Gasteiger partial charge in [-0.2, -0.15) is 0 Å². The van der Waals surface area contributed by atoms with Gasteiger partial charge < -0.3 is 4.74 Å². The zero-order valence-corrected chi connectivity index (χ0v) is 7.47. The van der Waals surface area contributed by atoms with Crippen molar-refractivity contribution in [2.45, 2.75) is 39.3 Å². The fourth-order valence-corrected chi connectivity index (χ4v) is 0.458. The van der Waals surface area contributed by atoms with Gasteiger partial charge in [-0.1, -0.05) is 0 Å². The van der Waals surface area contributed by atoms with Gasteiger partial charge in [-0.15, -0.1) is 0 Å². The Hall–Kier alpha value is -0.610. The van der Waals surface area contributed by atoms with E-state index in [1.54, 1.807) is 6.92 Å². The molecule has 0 aromatic rings. The first-order chi connectivity index (χ1) is 4.87. The summed E-state index contributed by atoms with van der Waals surface area (Å²) in [7, 11) is 0. The van der Waals surface area contributed by atoms with Crippen molar-refractivity contribution in [2.24, 2.45) is 5.84 Å². The zero-order chi connectivity index (χ0) is 9.07. The van der Waals surface area contributed by atoms with E-state index in [4.69, 9.17) is 10.6 Å². The van der Waals surface area contributed by atoms with Crippen molar-refractivity contribution < 1.29 is 9.53 Å². The Morgan fingerprint density at radius 1 is 1.55 bits per heavy atom. The molecule has 0 aliphatic rings. The number of carbonyl (C=O) groups excluding carboxylic acids is 1. The second-order valence-corrected chi connectivity index (χ2v) is 3.42. The maximum atomic E-state index is 11.0. The van der Waals surface area contributed by atoms with Gasteiger partial charge in [0.2, 0.25) is 0 Å². The van der Waals surface area contributed by atoms with Crippen molar-refractivity contribution in [2.75, 3.05) is 0 Å². The summed E-state index contributed by atoms with van der Waals surface area (Å²) in [5, 5.41) is 0. The number of hydrazine groups is 1. The number of nitrogens with two attached hydrogens (primary N) is 1. The first kappa shape index (κ1) is 10.4. The van der Waals surface area contributed by atoms with Crippen molar-refractivity contribution >= 4 is 5.97 Å². The number of hydrogen-bond donors (Lipinski definition) is 2. The third kappa shape index (κ3) is 4.75. The molecule has 0 aromatic carbocycles. The van der Waals surface area contributed by atoms with Crippen LogP contribution in [0.5, 0.6) is 0 Å². The van der Waals surface area contributed by atoms with Gasteiger partial charge >= 0.3 is 5.97 Å². The predicted octanol–water partition coefficient (Wildman–Crippen LogP) is 0.180. The molecule has 4 nitrogen and oxygen atoms in total. The van der Waals surface area contributed by atoms with Crippen LogP contribution < -0.4 is 11.3 Å². The number of nitrogens with one attached hydrogen (secondary N) is 1. The highest BCUT2D eigenvalue weighted by atomic mass is 16.6. The molecule has 0 aliphatic heterocycles. The van der Waals surface area contributed by atoms with Gasteiger partial charge in [-0.05, 0) is 27.7 Å². The lowest BCUT2D eigenvalue weighted by atomic mass is 10.2. The molecule has 0 aliphatic carbocycles. The lowest BCUT2D eigenvalue weighted by Gasteiger charge is -2.21. The standard InChI is InChI=1S/C7H16N2O2/c1-5(9-8)6(10)11-7(2,3)4/h5,9H,8H2,1-4H3. The molecule has 0 spiro atoms. The fourth-order valence-electron chi connectivity index (χ4n) is 0.458. The van der Waals surface area contributed by atoms with Crippen molar-refractivity contribution in [1.82, 2.24) is 5.43 Å². The van der Waals surface area contributed by atoms with Crippen molar-refractivity contribution in [3.8, 4) is 0 Å². The molecule has 0 saturated carbocycles. The van der Waals surface area contributed by atoms with Gasteiger partial charge in [0, 0.05) is 0 Å². The number of hydrogen-bond acceptors (Lipinski definition) is 4. The highest BCUT2D eigenvalue weighted by molar-refractivity contribution is 5.75. The molecule has 0 bridgehead atoms. The molecular formula is C7H16N2O2. The largest absolute Gasteiger partial charge is 0.459 e. The number of esters is 1. The maximum absolute atomic E-state index is 11.0. The van der Waals surface area contributed by atoms with Crippen LogP contribution in [0.4, 0.5) is 0 Å². The molecule has 0 radical (unpaired) electrons. The summed E-state index contributed by atoms with van der Waals surface area (Å²) in [6.45, 7) is 7.09. The van der Waals surface area contributed by atoms with Crippen molar-refractivity contribution in [1.29, 1.82) is 0 Å². The minimum absolute atomic E-state index is 0.333. The lowest BCUT2D eigenvalue weighted by Crippen LogP contribution is -2.42. The second kappa shape index (κ2) is 3.69. The Labute approximate surface area is 67.1 Å². The summed E-state index contributed by atoms with van der Waals surface area (Å²) in [5.41, 5.74) is 1.87. The molecule has 3 N–H and O–H groups in total. The summed E-state index contributed by atoms with van der Waals surface area (Å²) in [6.07, 6.45) is 0. The van der Waals surface area contributed by atoms with E-state index >= 15 is 0 Å². The van der Waals surface area contributed by atoms with Crippen LogP contribution in [0.2, 0.25) is 0 Å². The minimum Gasteiger partial charge on any atom is -0.459 e. The average Bonchev–Trinajstić information content (AvgIpc) is 1.82. The number of carbonyl (C=O) groups is 1. The number of ether oxygens (including phenoxy) is 1. The molecule has 0 heterocycles. The monoisotopic (exact) mass is 160 g/mol. The predicted molar refractivity (Wildman–Crippen MR) is 42.6 cm³/mol. The summed E-state index contributed by atoms with van der Waals surface area (Å²) in [4.78, 5) is 11.0. The zero-order valence-electron chi connectivity index (χ0n) is 7.47. The average molecular weight is 160 g/mol. The summed E-state index contributed by atoms with van der Waals surface area (Å²) < 4.78 is 5.01. The lowest BCUT2D eigenvalue weighted by molar-refractivity contribution is -0.156. The van der Waals surface area contributed by atoms with Crippen LogP contribution in [0, 0.1) is 0 Å². The van der Waals surface area contributed by atoms with Crippen LogP contribution in [0.1, 0.15) is 27.7 Å². The van der Waals surface area contributed by atoms with Gasteiger partial charge in [0.15, 0.2) is 0 Å². The van der Waals surface area contributed by atoms with E-state index in [1.165, 1.54) is 0 Å². The first-order valence-corrected chi connectivity index (χ1v) is 3.56. The van der Waals surface area contributed by atoms with E-state index in [9.17, 15) is 4.79 Å². The Morgan fingerprint density at radius 2 is 2.00 bits per heavy atom. The van der Waals surface area contributed by atoms with Crippen molar-refractivity contribution in [3.05, 3.63) is 0 Å². The van der Waals surface area contributed by atoms with Gasteiger partial charge in [0.05, 0.1) is 0 Å². The molecule has 1 unspecified atom stereocenters. The van der Waals surface area contributed by atoms with Gasteiger partial charge in [-0.3, -0.25) is 10.6 Å². The van der Waals surface area contributed by atoms with Crippen molar-refractivity contribution in [3.63, 3.8) is 0 Å². The Morgan fingerprint density at radius 3 is 2.27 bits per heavy atom. The highest BCUT2D eigenvalue weighted by Crippen LogP contribution is 2.07. The smallest absolute Gasteiger partial charge is 0.324 e. The molecule has 11 heavy (non-hydrogen) atoms. The summed E-state index contributed by atoms with van der Waals surface area (Å²) in [5.74, 6) is 4.71. The van der Waals surface area contributed by atoms with Crippen LogP contribution in [0.3, 0.4) is 0 Å². The van der Waals surface area contributed by atoms with E-state index in [0.29, 0.717) is 0 Å². The molecule has 0 amide bonds. The highest BCUT2D eigenvalue weighted by Gasteiger charge is 2.20. The molecular weight excluding hydrogens is 144 g/mol. The van der Waals surface area contributed by atoms with Crippen LogP contribution in [0.15, 0.2) is 0 Å². The first-order valence-electron chi connectivity index (χ1n) is 3.56. The Kier molecular flexibility index (Phi) is 3.48.